The topological polar surface area (TPSA) is 24.1 Å². The van der Waals surface area contributed by atoms with E-state index in [4.69, 9.17) is 12.2 Å². The molecule has 2 nitrogen and oxygen atoms in total. The van der Waals surface area contributed by atoms with Crippen molar-refractivity contribution in [3.05, 3.63) is 0 Å². The molecule has 9 heavy (non-hydrogen) atoms. The summed E-state index contributed by atoms with van der Waals surface area (Å²) in [6, 6.07) is 0. The van der Waals surface area contributed by atoms with Crippen molar-refractivity contribution in [3.63, 3.8) is 0 Å². The van der Waals surface area contributed by atoms with E-state index in [0.717, 1.165) is 0 Å². The molecule has 2 N–H and O–H groups in total. The van der Waals surface area contributed by atoms with E-state index >= 15 is 0 Å². The third-order valence-electron chi connectivity index (χ3n) is 0.614. The van der Waals surface area contributed by atoms with Crippen LogP contribution >= 0.6 is 24.2 Å². The van der Waals surface area contributed by atoms with Crippen LogP contribution < -0.4 is 10.0 Å². The molecule has 0 heterocycles. The molecular weight excluding hydrogens is 152 g/mol. The number of rotatable bonds is 2. The first-order valence-electron chi connectivity index (χ1n) is 2.80. The summed E-state index contributed by atoms with van der Waals surface area (Å²) in [5.74, 6) is 0. The van der Waals surface area contributed by atoms with Crippen LogP contribution in [0.15, 0.2) is 0 Å². The van der Waals surface area contributed by atoms with Crippen LogP contribution in [0.25, 0.3) is 0 Å². The highest BCUT2D eigenvalue weighted by molar-refractivity contribution is 7.99. The lowest BCUT2D eigenvalue weighted by molar-refractivity contribution is 1.09. The van der Waals surface area contributed by atoms with E-state index in [1.165, 1.54) is 0 Å². The average molecular weight is 164 g/mol. The Morgan fingerprint density at radius 2 is 2.11 bits per heavy atom. The van der Waals surface area contributed by atoms with Gasteiger partial charge in [0, 0.05) is 12.3 Å². The van der Waals surface area contributed by atoms with Gasteiger partial charge < -0.3 is 10.0 Å². The minimum absolute atomic E-state index is 0.566. The van der Waals surface area contributed by atoms with E-state index in [1.54, 1.807) is 19.0 Å². The summed E-state index contributed by atoms with van der Waals surface area (Å²) in [6.07, 6.45) is 0. The fourth-order valence-electron chi connectivity index (χ4n) is 0.222. The highest BCUT2D eigenvalue weighted by Crippen LogP contribution is 2.01. The van der Waals surface area contributed by atoms with Crippen molar-refractivity contribution in [3.8, 4) is 0 Å². The molecule has 4 heteroatoms. The van der Waals surface area contributed by atoms with Crippen molar-refractivity contribution in [1.29, 1.82) is 0 Å². The lowest BCUT2D eigenvalue weighted by Crippen LogP contribution is -2.28. The molecule has 0 aromatic carbocycles. The first-order valence-corrected chi connectivity index (χ1v) is 4.09. The fourth-order valence-corrected chi connectivity index (χ4v) is 0.812. The van der Waals surface area contributed by atoms with Crippen molar-refractivity contribution in [1.82, 2.24) is 10.0 Å². The standard InChI is InChI=1S/C5H12N2S2/c1-4(2)9-7-5(8)6-3/h4H,1-3H3,(H2,6,7,8). The van der Waals surface area contributed by atoms with Gasteiger partial charge in [-0.3, -0.25) is 0 Å². The molecule has 0 bridgehead atoms. The van der Waals surface area contributed by atoms with E-state index in [0.29, 0.717) is 10.4 Å². The van der Waals surface area contributed by atoms with E-state index < -0.39 is 0 Å². The van der Waals surface area contributed by atoms with Crippen molar-refractivity contribution < 1.29 is 0 Å². The van der Waals surface area contributed by atoms with E-state index in [1.807, 2.05) is 0 Å². The molecule has 0 aliphatic heterocycles. The van der Waals surface area contributed by atoms with Gasteiger partial charge in [0.15, 0.2) is 5.11 Å². The molecule has 0 radical (unpaired) electrons. The van der Waals surface area contributed by atoms with Crippen molar-refractivity contribution >= 4 is 29.3 Å². The Hall–Kier alpha value is 0.0400. The fraction of sp³-hybridized carbons (Fsp3) is 0.800. The number of hydrogen-bond acceptors (Lipinski definition) is 2. The van der Waals surface area contributed by atoms with Crippen LogP contribution in [-0.2, 0) is 0 Å². The van der Waals surface area contributed by atoms with Gasteiger partial charge in [-0.2, -0.15) is 0 Å². The number of nitrogens with one attached hydrogen (secondary N) is 2. The van der Waals surface area contributed by atoms with Gasteiger partial charge in [0.1, 0.15) is 0 Å². The molecule has 0 amide bonds. The summed E-state index contributed by atoms with van der Waals surface area (Å²) in [6.45, 7) is 4.21. The smallest absolute Gasteiger partial charge is 0.176 e. The molecule has 0 atom stereocenters. The predicted octanol–water partition coefficient (Wildman–Crippen LogP) is 1.14. The van der Waals surface area contributed by atoms with Gasteiger partial charge in [0.05, 0.1) is 0 Å². The largest absolute Gasteiger partial charge is 0.365 e. The molecule has 0 unspecified atom stereocenters. The van der Waals surface area contributed by atoms with Crippen LogP contribution in [0, 0.1) is 0 Å². The van der Waals surface area contributed by atoms with E-state index in [-0.39, 0.29) is 0 Å². The summed E-state index contributed by atoms with van der Waals surface area (Å²) < 4.78 is 2.97. The molecule has 0 aromatic heterocycles. The van der Waals surface area contributed by atoms with Crippen LogP contribution in [0.4, 0.5) is 0 Å². The van der Waals surface area contributed by atoms with Gasteiger partial charge in [-0.25, -0.2) is 0 Å². The monoisotopic (exact) mass is 164 g/mol. The summed E-state index contributed by atoms with van der Waals surface area (Å²) in [4.78, 5) is 0. The maximum Gasteiger partial charge on any atom is 0.176 e. The second kappa shape index (κ2) is 4.88. The van der Waals surface area contributed by atoms with Gasteiger partial charge >= 0.3 is 0 Å². The maximum absolute atomic E-state index is 4.83. The second-order valence-corrected chi connectivity index (χ2v) is 3.64. The zero-order valence-electron chi connectivity index (χ0n) is 5.89. The third-order valence-corrected chi connectivity index (χ3v) is 1.84. The SMILES string of the molecule is CNC(=S)NSC(C)C. The van der Waals surface area contributed by atoms with Crippen molar-refractivity contribution in [2.75, 3.05) is 7.05 Å². The first-order chi connectivity index (χ1) is 4.16. The van der Waals surface area contributed by atoms with Crippen LogP contribution in [0.3, 0.4) is 0 Å². The minimum Gasteiger partial charge on any atom is -0.365 e. The Bertz CT molecular complexity index is 93.0. The van der Waals surface area contributed by atoms with E-state index in [9.17, 15) is 0 Å². The second-order valence-electron chi connectivity index (χ2n) is 1.85. The highest BCUT2D eigenvalue weighted by Gasteiger charge is 1.93. The van der Waals surface area contributed by atoms with Gasteiger partial charge in [0.25, 0.3) is 0 Å². The molecule has 54 valence electrons. The van der Waals surface area contributed by atoms with Crippen LogP contribution in [0.1, 0.15) is 13.8 Å². The maximum atomic E-state index is 4.83. The Morgan fingerprint density at radius 3 is 2.44 bits per heavy atom. The van der Waals surface area contributed by atoms with Gasteiger partial charge in [0.2, 0.25) is 0 Å². The van der Waals surface area contributed by atoms with E-state index in [2.05, 4.69) is 23.9 Å². The summed E-state index contributed by atoms with van der Waals surface area (Å²) >= 11 is 6.44. The van der Waals surface area contributed by atoms with Crippen LogP contribution in [0.2, 0.25) is 0 Å². The van der Waals surface area contributed by atoms with Gasteiger partial charge in [-0.1, -0.05) is 13.8 Å². The van der Waals surface area contributed by atoms with Crippen molar-refractivity contribution in [2.45, 2.75) is 19.1 Å². The quantitative estimate of drug-likeness (QED) is 0.472. The molecule has 0 fully saturated rings. The molecule has 0 rings (SSSR count). The normalized spacial score (nSPS) is 9.33. The van der Waals surface area contributed by atoms with Gasteiger partial charge in [-0.15, -0.1) is 0 Å². The molecule has 0 saturated heterocycles. The predicted molar refractivity (Wildman–Crippen MR) is 47.5 cm³/mol. The Labute approximate surface area is 65.9 Å². The van der Waals surface area contributed by atoms with Crippen LogP contribution in [0.5, 0.6) is 0 Å². The highest BCUT2D eigenvalue weighted by atomic mass is 32.2. The zero-order chi connectivity index (χ0) is 7.28. The summed E-state index contributed by atoms with van der Waals surface area (Å²) in [7, 11) is 1.80. The summed E-state index contributed by atoms with van der Waals surface area (Å²) in [5.41, 5.74) is 0. The van der Waals surface area contributed by atoms with Gasteiger partial charge in [-0.05, 0) is 24.2 Å². The van der Waals surface area contributed by atoms with Crippen LogP contribution in [-0.4, -0.2) is 17.4 Å². The Kier molecular flexibility index (Phi) is 4.90. The third kappa shape index (κ3) is 5.92. The number of thiocarbonyl (C=S) groups is 1. The molecule has 0 aliphatic carbocycles. The van der Waals surface area contributed by atoms with Crippen molar-refractivity contribution in [2.24, 2.45) is 0 Å². The molecular formula is C5H12N2S2. The Morgan fingerprint density at radius 1 is 1.56 bits per heavy atom. The molecule has 0 spiro atoms. The summed E-state index contributed by atoms with van der Waals surface area (Å²) in [5, 5.41) is 4.07. The number of hydrogen-bond donors (Lipinski definition) is 2. The molecule has 0 saturated carbocycles. The lowest BCUT2D eigenvalue weighted by atomic mass is 10.6. The lowest BCUT2D eigenvalue weighted by Gasteiger charge is -2.06. The molecule has 0 aliphatic rings. The molecule has 0 aromatic rings. The average Bonchev–Trinajstić information content (AvgIpc) is 1.83. The minimum atomic E-state index is 0.566. The first kappa shape index (κ1) is 9.04. The Balaban J connectivity index is 3.17. The zero-order valence-corrected chi connectivity index (χ0v) is 7.53.